The molecule has 0 atom stereocenters. The van der Waals surface area contributed by atoms with Crippen molar-refractivity contribution in [2.75, 3.05) is 38.1 Å². The normalized spacial score (nSPS) is 16.6. The quantitative estimate of drug-likeness (QED) is 0.312. The lowest BCUT2D eigenvalue weighted by Crippen LogP contribution is -2.47. The molecule has 8 nitrogen and oxygen atoms in total. The number of aromatic nitrogens is 1. The summed E-state index contributed by atoms with van der Waals surface area (Å²) in [7, 11) is 1.82. The molecule has 2 aliphatic rings. The van der Waals surface area contributed by atoms with E-state index in [4.69, 9.17) is 9.15 Å². The van der Waals surface area contributed by atoms with Gasteiger partial charge in [0.25, 0.3) is 11.8 Å². The van der Waals surface area contributed by atoms with E-state index in [0.717, 1.165) is 49.9 Å². The zero-order valence-electron chi connectivity index (χ0n) is 23.7. The van der Waals surface area contributed by atoms with E-state index in [2.05, 4.69) is 41.1 Å². The third-order valence-corrected chi connectivity index (χ3v) is 8.39. The van der Waals surface area contributed by atoms with Crippen molar-refractivity contribution in [2.24, 2.45) is 0 Å². The molecule has 2 fully saturated rings. The van der Waals surface area contributed by atoms with Crippen LogP contribution in [0.15, 0.2) is 77.5 Å². The molecule has 2 aromatic heterocycles. The third kappa shape index (κ3) is 5.92. The molecular formula is C33H36N4O4. The largest absolute Gasteiger partial charge is 0.490 e. The van der Waals surface area contributed by atoms with Crippen LogP contribution < -0.4 is 9.64 Å². The van der Waals surface area contributed by atoms with Crippen molar-refractivity contribution in [1.82, 2.24) is 14.8 Å². The predicted molar refractivity (Wildman–Crippen MR) is 159 cm³/mol. The van der Waals surface area contributed by atoms with Gasteiger partial charge in [-0.15, -0.1) is 0 Å². The van der Waals surface area contributed by atoms with Gasteiger partial charge >= 0.3 is 0 Å². The van der Waals surface area contributed by atoms with E-state index in [1.165, 1.54) is 11.3 Å². The molecule has 0 spiro atoms. The summed E-state index contributed by atoms with van der Waals surface area (Å²) in [5, 5.41) is 0.856. The Labute approximate surface area is 240 Å². The molecule has 0 aliphatic carbocycles. The highest BCUT2D eigenvalue weighted by Gasteiger charge is 2.30. The molecule has 41 heavy (non-hydrogen) atoms. The average Bonchev–Trinajstić information content (AvgIpc) is 3.45. The molecule has 0 unspecified atom stereocenters. The Morgan fingerprint density at radius 1 is 0.902 bits per heavy atom. The first-order valence-corrected chi connectivity index (χ1v) is 14.4. The number of hydrogen-bond donors (Lipinski definition) is 0. The summed E-state index contributed by atoms with van der Waals surface area (Å²) in [4.78, 5) is 36.1. The topological polar surface area (TPSA) is 79.1 Å². The molecule has 2 saturated heterocycles. The highest BCUT2D eigenvalue weighted by atomic mass is 16.5. The van der Waals surface area contributed by atoms with Crippen molar-refractivity contribution >= 4 is 28.5 Å². The summed E-state index contributed by atoms with van der Waals surface area (Å²) in [6, 6.07) is 19.8. The summed E-state index contributed by atoms with van der Waals surface area (Å²) in [5.74, 6) is 0.977. The van der Waals surface area contributed by atoms with Gasteiger partial charge in [-0.2, -0.15) is 0 Å². The minimum Gasteiger partial charge on any atom is -0.490 e. The molecular weight excluding hydrogens is 516 g/mol. The number of benzene rings is 2. The first-order valence-electron chi connectivity index (χ1n) is 14.4. The zero-order chi connectivity index (χ0) is 28.3. The fourth-order valence-electron chi connectivity index (χ4n) is 5.85. The van der Waals surface area contributed by atoms with Gasteiger partial charge in [0.1, 0.15) is 17.4 Å². The molecule has 4 heterocycles. The SMILES string of the molecule is Cc1ccc(N2CCC(Oc3ccc4oc(C(=O)N(C)C5CCN(C(=O)c6ccncc6)CC5)cc4c3)CC2)cc1. The van der Waals surface area contributed by atoms with Crippen LogP contribution >= 0.6 is 0 Å². The number of hydrogen-bond acceptors (Lipinski definition) is 6. The second kappa shape index (κ2) is 11.6. The number of aryl methyl sites for hydroxylation is 1. The van der Waals surface area contributed by atoms with Crippen LogP contribution in [0.25, 0.3) is 11.0 Å². The van der Waals surface area contributed by atoms with Crippen LogP contribution in [0.2, 0.25) is 0 Å². The standard InChI is InChI=1S/C33H36N4O4/c1-23-3-5-27(6-4-23)36-19-13-28(14-20-36)40-29-7-8-30-25(21-29)22-31(41-30)33(39)35(2)26-11-17-37(18-12-26)32(38)24-9-15-34-16-10-24/h3-10,15-16,21-22,26,28H,11-14,17-20H2,1-2H3. The van der Waals surface area contributed by atoms with Crippen molar-refractivity contribution in [3.8, 4) is 5.75 Å². The van der Waals surface area contributed by atoms with Gasteiger partial charge < -0.3 is 23.9 Å². The highest BCUT2D eigenvalue weighted by Crippen LogP contribution is 2.29. The van der Waals surface area contributed by atoms with Gasteiger partial charge in [0.15, 0.2) is 5.76 Å². The van der Waals surface area contributed by atoms with Crippen molar-refractivity contribution in [3.05, 3.63) is 89.9 Å². The first kappa shape index (κ1) is 26.9. The van der Waals surface area contributed by atoms with Crippen molar-refractivity contribution < 1.29 is 18.7 Å². The van der Waals surface area contributed by atoms with Gasteiger partial charge in [0.2, 0.25) is 0 Å². The Kier molecular flexibility index (Phi) is 7.63. The Morgan fingerprint density at radius 2 is 1.61 bits per heavy atom. The molecule has 0 radical (unpaired) electrons. The predicted octanol–water partition coefficient (Wildman–Crippen LogP) is 5.56. The van der Waals surface area contributed by atoms with Gasteiger partial charge in [0, 0.05) is 81.1 Å². The number of nitrogens with zero attached hydrogens (tertiary/aromatic N) is 4. The number of ether oxygens (including phenoxy) is 1. The van der Waals surface area contributed by atoms with Crippen LogP contribution in [0.1, 0.15) is 52.2 Å². The van der Waals surface area contributed by atoms with E-state index in [9.17, 15) is 9.59 Å². The molecule has 0 bridgehead atoms. The Morgan fingerprint density at radius 3 is 2.32 bits per heavy atom. The summed E-state index contributed by atoms with van der Waals surface area (Å²) < 4.78 is 12.3. The average molecular weight is 553 g/mol. The van der Waals surface area contributed by atoms with E-state index in [1.54, 1.807) is 29.4 Å². The van der Waals surface area contributed by atoms with Crippen LogP contribution in [0, 0.1) is 6.92 Å². The maximum atomic E-state index is 13.3. The summed E-state index contributed by atoms with van der Waals surface area (Å²) in [6.45, 7) is 5.24. The smallest absolute Gasteiger partial charge is 0.289 e. The van der Waals surface area contributed by atoms with E-state index < -0.39 is 0 Å². The van der Waals surface area contributed by atoms with Gasteiger partial charge in [0.05, 0.1) is 0 Å². The van der Waals surface area contributed by atoms with Crippen LogP contribution in [0.5, 0.6) is 5.75 Å². The maximum Gasteiger partial charge on any atom is 0.289 e. The minimum atomic E-state index is -0.147. The van der Waals surface area contributed by atoms with Gasteiger partial charge in [-0.3, -0.25) is 14.6 Å². The molecule has 212 valence electrons. The second-order valence-corrected chi connectivity index (χ2v) is 11.1. The molecule has 0 saturated carbocycles. The monoisotopic (exact) mass is 552 g/mol. The molecule has 2 aliphatic heterocycles. The molecule has 0 N–H and O–H groups in total. The van der Waals surface area contributed by atoms with Crippen molar-refractivity contribution in [1.29, 1.82) is 0 Å². The fraction of sp³-hybridized carbons (Fsp3) is 0.364. The number of furan rings is 1. The van der Waals surface area contributed by atoms with Gasteiger partial charge in [-0.1, -0.05) is 17.7 Å². The number of rotatable bonds is 6. The van der Waals surface area contributed by atoms with Crippen LogP contribution in [-0.4, -0.2) is 72.0 Å². The summed E-state index contributed by atoms with van der Waals surface area (Å²) in [5.41, 5.74) is 3.84. The van der Waals surface area contributed by atoms with E-state index in [0.29, 0.717) is 30.0 Å². The maximum absolute atomic E-state index is 13.3. The minimum absolute atomic E-state index is 0.00644. The van der Waals surface area contributed by atoms with Gasteiger partial charge in [-0.05, 0) is 68.3 Å². The lowest BCUT2D eigenvalue weighted by Gasteiger charge is -2.36. The van der Waals surface area contributed by atoms with Crippen LogP contribution in [0.4, 0.5) is 5.69 Å². The Bertz CT molecular complexity index is 1500. The molecule has 4 aromatic rings. The first-order chi connectivity index (χ1) is 19.9. The molecule has 2 amide bonds. The third-order valence-electron chi connectivity index (χ3n) is 8.39. The van der Waals surface area contributed by atoms with Crippen LogP contribution in [0.3, 0.4) is 0 Å². The number of likely N-dealkylation sites (tertiary alicyclic amines) is 1. The highest BCUT2D eigenvalue weighted by molar-refractivity contribution is 5.96. The molecule has 2 aromatic carbocycles. The number of carbonyl (C=O) groups is 2. The van der Waals surface area contributed by atoms with E-state index in [-0.39, 0.29) is 24.0 Å². The number of piperidine rings is 2. The van der Waals surface area contributed by atoms with Crippen LogP contribution in [-0.2, 0) is 0 Å². The number of fused-ring (bicyclic) bond motifs is 1. The number of amides is 2. The number of carbonyl (C=O) groups excluding carboxylic acids is 2. The summed E-state index contributed by atoms with van der Waals surface area (Å²) in [6.07, 6.45) is 6.78. The van der Waals surface area contributed by atoms with E-state index in [1.807, 2.05) is 36.2 Å². The fourth-order valence-corrected chi connectivity index (χ4v) is 5.85. The number of pyridine rings is 1. The van der Waals surface area contributed by atoms with Crippen molar-refractivity contribution in [2.45, 2.75) is 44.8 Å². The zero-order valence-corrected chi connectivity index (χ0v) is 23.7. The lowest BCUT2D eigenvalue weighted by atomic mass is 10.0. The Balaban J connectivity index is 1.03. The number of anilines is 1. The second-order valence-electron chi connectivity index (χ2n) is 11.1. The van der Waals surface area contributed by atoms with E-state index >= 15 is 0 Å². The molecule has 8 heteroatoms. The van der Waals surface area contributed by atoms with Gasteiger partial charge in [-0.25, -0.2) is 0 Å². The van der Waals surface area contributed by atoms with Crippen molar-refractivity contribution in [3.63, 3.8) is 0 Å². The Hall–Kier alpha value is -4.33. The lowest BCUT2D eigenvalue weighted by molar-refractivity contribution is 0.0553. The molecule has 6 rings (SSSR count). The summed E-state index contributed by atoms with van der Waals surface area (Å²) >= 11 is 0.